The zero-order valence-electron chi connectivity index (χ0n) is 17.4. The number of hydrogen-bond acceptors (Lipinski definition) is 4. The van der Waals surface area contributed by atoms with Crippen LogP contribution in [0.2, 0.25) is 0 Å². The molecule has 158 valence electrons. The van der Waals surface area contributed by atoms with Gasteiger partial charge in [0, 0.05) is 17.2 Å². The summed E-state index contributed by atoms with van der Waals surface area (Å²) in [5.41, 5.74) is 4.25. The van der Waals surface area contributed by atoms with Gasteiger partial charge in [-0.1, -0.05) is 42.5 Å². The summed E-state index contributed by atoms with van der Waals surface area (Å²) in [6, 6.07) is 20.5. The second-order valence-corrected chi connectivity index (χ2v) is 7.89. The van der Waals surface area contributed by atoms with E-state index in [1.54, 1.807) is 18.2 Å². The third-order valence-corrected chi connectivity index (χ3v) is 5.73. The van der Waals surface area contributed by atoms with Gasteiger partial charge in [-0.15, -0.1) is 0 Å². The second kappa shape index (κ2) is 9.04. The van der Waals surface area contributed by atoms with Gasteiger partial charge < -0.3 is 15.2 Å². The van der Waals surface area contributed by atoms with Crippen LogP contribution in [0, 0.1) is 5.92 Å². The molecule has 4 rings (SSSR count). The molecule has 3 aromatic carbocycles. The number of Topliss-reactive ketones (excluding diaryl/α,β-unsaturated/α-hetero) is 1. The summed E-state index contributed by atoms with van der Waals surface area (Å²) in [5.74, 6) is 0.269. The fourth-order valence-corrected chi connectivity index (χ4v) is 4.10. The minimum absolute atomic E-state index is 0.0323. The number of nitrogens with one attached hydrogen (secondary N) is 1. The van der Waals surface area contributed by atoms with E-state index < -0.39 is 0 Å². The molecule has 0 saturated heterocycles. The molecule has 2 N–H and O–H groups in total. The normalized spacial score (nSPS) is 15.3. The Morgan fingerprint density at radius 3 is 2.65 bits per heavy atom. The molecule has 0 aromatic heterocycles. The third kappa shape index (κ3) is 4.77. The Hall–Kier alpha value is -3.60. The summed E-state index contributed by atoms with van der Waals surface area (Å²) in [6.45, 7) is 0. The topological polar surface area (TPSA) is 75.6 Å². The lowest BCUT2D eigenvalue weighted by molar-refractivity contribution is -0.115. The lowest BCUT2D eigenvalue weighted by Gasteiger charge is -2.24. The molecule has 0 radical (unpaired) electrons. The lowest BCUT2D eigenvalue weighted by atomic mass is 9.79. The number of ketones is 1. The number of fused-ring (bicyclic) bond motifs is 1. The van der Waals surface area contributed by atoms with Crippen LogP contribution in [0.5, 0.6) is 11.5 Å². The molecule has 0 aliphatic heterocycles. The van der Waals surface area contributed by atoms with Crippen LogP contribution in [0.4, 0.5) is 5.69 Å². The maximum atomic E-state index is 13.1. The third-order valence-electron chi connectivity index (χ3n) is 5.73. The minimum Gasteiger partial charge on any atom is -0.504 e. The van der Waals surface area contributed by atoms with Gasteiger partial charge in [0.1, 0.15) is 0 Å². The molecule has 1 aliphatic carbocycles. The number of ether oxygens (including phenoxy) is 1. The molecule has 0 bridgehead atoms. The number of carbonyl (C=O) groups excluding carboxylic acids is 2. The predicted octanol–water partition coefficient (Wildman–Crippen LogP) is 4.57. The van der Waals surface area contributed by atoms with Crippen LogP contribution in [-0.4, -0.2) is 23.9 Å². The van der Waals surface area contributed by atoms with Gasteiger partial charge in [0.05, 0.1) is 13.5 Å². The Labute approximate surface area is 181 Å². The average Bonchev–Trinajstić information content (AvgIpc) is 2.78. The van der Waals surface area contributed by atoms with E-state index in [4.69, 9.17) is 4.74 Å². The van der Waals surface area contributed by atoms with Gasteiger partial charge in [0.15, 0.2) is 17.3 Å². The molecule has 0 fully saturated rings. The van der Waals surface area contributed by atoms with Crippen molar-refractivity contribution in [3.05, 3.63) is 89.0 Å². The zero-order valence-corrected chi connectivity index (χ0v) is 17.4. The van der Waals surface area contributed by atoms with Gasteiger partial charge in [0.25, 0.3) is 0 Å². The highest BCUT2D eigenvalue weighted by Crippen LogP contribution is 2.30. The molecule has 5 heteroatoms. The molecular formula is C26H25NO4. The van der Waals surface area contributed by atoms with E-state index in [2.05, 4.69) is 17.4 Å². The molecule has 1 amide bonds. The number of carbonyl (C=O) groups is 2. The van der Waals surface area contributed by atoms with E-state index in [1.807, 2.05) is 30.3 Å². The van der Waals surface area contributed by atoms with E-state index in [1.165, 1.54) is 13.2 Å². The van der Waals surface area contributed by atoms with Crippen LogP contribution in [0.1, 0.15) is 33.5 Å². The summed E-state index contributed by atoms with van der Waals surface area (Å²) >= 11 is 0. The van der Waals surface area contributed by atoms with Crippen LogP contribution >= 0.6 is 0 Å². The van der Waals surface area contributed by atoms with Crippen molar-refractivity contribution in [3.63, 3.8) is 0 Å². The Bertz CT molecular complexity index is 1110. The van der Waals surface area contributed by atoms with Crippen molar-refractivity contribution in [3.8, 4) is 11.5 Å². The van der Waals surface area contributed by atoms with Crippen molar-refractivity contribution >= 4 is 17.4 Å². The van der Waals surface area contributed by atoms with Crippen LogP contribution in [-0.2, 0) is 24.1 Å². The van der Waals surface area contributed by atoms with Crippen LogP contribution in [0.15, 0.2) is 66.7 Å². The standard InChI is InChI=1S/C26H25NO4/c1-31-24-14-18(7-12-23(24)28)15-25(29)27-21-11-10-19-8-9-20(26(30)22(19)16-21)13-17-5-3-2-4-6-17/h2-7,10-12,14,16,20,28H,8-9,13,15H2,1H3,(H,27,29). The van der Waals surface area contributed by atoms with Crippen LogP contribution in [0.3, 0.4) is 0 Å². The predicted molar refractivity (Wildman–Crippen MR) is 120 cm³/mol. The highest BCUT2D eigenvalue weighted by molar-refractivity contribution is 6.02. The molecule has 31 heavy (non-hydrogen) atoms. The van der Waals surface area contributed by atoms with Crippen LogP contribution < -0.4 is 10.1 Å². The van der Waals surface area contributed by atoms with Crippen molar-refractivity contribution in [2.75, 3.05) is 12.4 Å². The number of aromatic hydroxyl groups is 1. The minimum atomic E-state index is -0.197. The maximum Gasteiger partial charge on any atom is 0.228 e. The summed E-state index contributed by atoms with van der Waals surface area (Å²) in [4.78, 5) is 25.6. The first-order valence-electron chi connectivity index (χ1n) is 10.4. The number of aryl methyl sites for hydroxylation is 1. The Morgan fingerprint density at radius 2 is 1.87 bits per heavy atom. The van der Waals surface area contributed by atoms with Gasteiger partial charge >= 0.3 is 0 Å². The molecule has 1 unspecified atom stereocenters. The number of methoxy groups -OCH3 is 1. The molecule has 3 aromatic rings. The first kappa shape index (κ1) is 20.7. The smallest absolute Gasteiger partial charge is 0.228 e. The monoisotopic (exact) mass is 415 g/mol. The zero-order chi connectivity index (χ0) is 21.8. The van der Waals surface area contributed by atoms with Gasteiger partial charge in [-0.3, -0.25) is 9.59 Å². The second-order valence-electron chi connectivity index (χ2n) is 7.89. The summed E-state index contributed by atoms with van der Waals surface area (Å²) in [6.07, 6.45) is 2.58. The highest BCUT2D eigenvalue weighted by Gasteiger charge is 2.27. The van der Waals surface area contributed by atoms with E-state index in [-0.39, 0.29) is 29.8 Å². The number of amides is 1. The first-order chi connectivity index (χ1) is 15.0. The lowest BCUT2D eigenvalue weighted by Crippen LogP contribution is -2.25. The van der Waals surface area contributed by atoms with Crippen molar-refractivity contribution in [1.29, 1.82) is 0 Å². The van der Waals surface area contributed by atoms with E-state index in [0.717, 1.165) is 36.0 Å². The fraction of sp³-hybridized carbons (Fsp3) is 0.231. The Morgan fingerprint density at radius 1 is 1.06 bits per heavy atom. The van der Waals surface area contributed by atoms with Crippen molar-refractivity contribution in [1.82, 2.24) is 0 Å². The SMILES string of the molecule is COc1cc(CC(=O)Nc2ccc3c(c2)C(=O)C(Cc2ccccc2)CC3)ccc1O. The van der Waals surface area contributed by atoms with Gasteiger partial charge in [-0.25, -0.2) is 0 Å². The molecule has 0 heterocycles. The average molecular weight is 415 g/mol. The van der Waals surface area contributed by atoms with E-state index in [0.29, 0.717) is 17.0 Å². The van der Waals surface area contributed by atoms with Gasteiger partial charge in [0.2, 0.25) is 5.91 Å². The Balaban J connectivity index is 1.45. The number of hydrogen-bond donors (Lipinski definition) is 2. The summed E-state index contributed by atoms with van der Waals surface area (Å²) in [5, 5.41) is 12.6. The molecule has 1 aliphatic rings. The molecular weight excluding hydrogens is 390 g/mol. The molecule has 5 nitrogen and oxygen atoms in total. The maximum absolute atomic E-state index is 13.1. The van der Waals surface area contributed by atoms with Crippen molar-refractivity contribution in [2.45, 2.75) is 25.7 Å². The number of phenols is 1. The number of benzene rings is 3. The highest BCUT2D eigenvalue weighted by atomic mass is 16.5. The quantitative estimate of drug-likeness (QED) is 0.618. The summed E-state index contributed by atoms with van der Waals surface area (Å²) < 4.78 is 5.09. The van der Waals surface area contributed by atoms with Gasteiger partial charge in [-0.05, 0) is 60.2 Å². The number of anilines is 1. The molecule has 0 spiro atoms. The fourth-order valence-electron chi connectivity index (χ4n) is 4.10. The molecule has 0 saturated carbocycles. The summed E-state index contributed by atoms with van der Waals surface area (Å²) in [7, 11) is 1.47. The van der Waals surface area contributed by atoms with Crippen molar-refractivity contribution < 1.29 is 19.4 Å². The molecule has 1 atom stereocenters. The first-order valence-corrected chi connectivity index (χ1v) is 10.4. The van der Waals surface area contributed by atoms with E-state index in [9.17, 15) is 14.7 Å². The van der Waals surface area contributed by atoms with Crippen LogP contribution in [0.25, 0.3) is 0 Å². The van der Waals surface area contributed by atoms with E-state index >= 15 is 0 Å². The number of phenolic OH excluding ortho intramolecular Hbond substituents is 1. The number of rotatable bonds is 6. The largest absolute Gasteiger partial charge is 0.504 e. The van der Waals surface area contributed by atoms with Crippen molar-refractivity contribution in [2.24, 2.45) is 5.92 Å². The van der Waals surface area contributed by atoms with Gasteiger partial charge in [-0.2, -0.15) is 0 Å². The Kier molecular flexibility index (Phi) is 6.03.